The van der Waals surface area contributed by atoms with Crippen molar-refractivity contribution in [2.75, 3.05) is 27.2 Å². The van der Waals surface area contributed by atoms with Gasteiger partial charge in [0.25, 0.3) is 5.91 Å². The first kappa shape index (κ1) is 39.1. The quantitative estimate of drug-likeness (QED) is 0.422. The maximum atomic E-state index is 14.4. The molecule has 2 aliphatic heterocycles. The third-order valence-corrected chi connectivity index (χ3v) is 9.64. The molecule has 2 saturated heterocycles. The molecule has 1 unspecified atom stereocenters. The van der Waals surface area contributed by atoms with E-state index in [0.29, 0.717) is 19.4 Å². The van der Waals surface area contributed by atoms with Gasteiger partial charge in [-0.15, -0.1) is 0 Å². The largest absolute Gasteiger partial charge is 0.452 e. The van der Waals surface area contributed by atoms with Crippen LogP contribution in [0, 0.1) is 11.8 Å². The van der Waals surface area contributed by atoms with Crippen molar-refractivity contribution in [2.45, 2.75) is 96.5 Å². The summed E-state index contributed by atoms with van der Waals surface area (Å²) >= 11 is 0. The van der Waals surface area contributed by atoms with E-state index >= 15 is 0 Å². The van der Waals surface area contributed by atoms with Crippen LogP contribution in [0.15, 0.2) is 60.7 Å². The Balaban J connectivity index is 1.75. The van der Waals surface area contributed by atoms with Crippen LogP contribution in [0.5, 0.6) is 0 Å². The number of hydrogen-bond donors (Lipinski definition) is 2. The highest BCUT2D eigenvalue weighted by molar-refractivity contribution is 5.96. The maximum Gasteiger partial charge on any atom is 0.308 e. The minimum atomic E-state index is -1.11. The summed E-state index contributed by atoms with van der Waals surface area (Å²) in [5, 5.41) is 5.72. The van der Waals surface area contributed by atoms with E-state index in [2.05, 4.69) is 10.6 Å². The third-order valence-electron chi connectivity index (χ3n) is 9.64. The topological polar surface area (TPSA) is 145 Å². The average Bonchev–Trinajstić information content (AvgIpc) is 3.59. The molecule has 0 bridgehead atoms. The first-order chi connectivity index (χ1) is 24.3. The van der Waals surface area contributed by atoms with Gasteiger partial charge in [-0.2, -0.15) is 0 Å². The van der Waals surface area contributed by atoms with Crippen molar-refractivity contribution in [3.8, 4) is 0 Å². The second-order valence-electron chi connectivity index (χ2n) is 14.4. The summed E-state index contributed by atoms with van der Waals surface area (Å²) in [5.41, 5.74) is 1.62. The average molecular weight is 704 g/mol. The molecular weight excluding hydrogens is 650 g/mol. The lowest BCUT2D eigenvalue weighted by Gasteiger charge is -2.38. The summed E-state index contributed by atoms with van der Waals surface area (Å²) < 4.78 is 5.71. The van der Waals surface area contributed by atoms with E-state index in [4.69, 9.17) is 4.74 Å². The van der Waals surface area contributed by atoms with Gasteiger partial charge in [0.15, 0.2) is 6.10 Å². The lowest BCUT2D eigenvalue weighted by Crippen LogP contribution is -2.60. The van der Waals surface area contributed by atoms with Crippen molar-refractivity contribution in [1.29, 1.82) is 0 Å². The molecule has 5 atom stereocenters. The fourth-order valence-electron chi connectivity index (χ4n) is 6.94. The van der Waals surface area contributed by atoms with Crippen LogP contribution in [-0.4, -0.2) is 108 Å². The monoisotopic (exact) mass is 703 g/mol. The van der Waals surface area contributed by atoms with Gasteiger partial charge in [-0.1, -0.05) is 88.4 Å². The van der Waals surface area contributed by atoms with Crippen LogP contribution in [0.25, 0.3) is 0 Å². The number of carbonyl (C=O) groups is 6. The normalized spacial score (nSPS) is 24.9. The molecular formula is C39H53N5O7. The Morgan fingerprint density at radius 2 is 1.37 bits per heavy atom. The van der Waals surface area contributed by atoms with Crippen molar-refractivity contribution in [3.05, 3.63) is 71.8 Å². The fraction of sp³-hybridized carbons (Fsp3) is 0.538. The number of carbonyl (C=O) groups excluding carboxylic acids is 6. The van der Waals surface area contributed by atoms with Crippen LogP contribution in [0.4, 0.5) is 0 Å². The number of ether oxygens (including phenoxy) is 1. The number of esters is 1. The number of amides is 5. The maximum absolute atomic E-state index is 14.4. The zero-order valence-corrected chi connectivity index (χ0v) is 30.7. The van der Waals surface area contributed by atoms with Crippen LogP contribution in [-0.2, 0) is 46.3 Å². The van der Waals surface area contributed by atoms with E-state index in [1.165, 1.54) is 14.7 Å². The lowest BCUT2D eigenvalue weighted by molar-refractivity contribution is -0.162. The van der Waals surface area contributed by atoms with Crippen molar-refractivity contribution in [2.24, 2.45) is 11.8 Å². The summed E-state index contributed by atoms with van der Waals surface area (Å²) in [6.07, 6.45) is 0.238. The number of rotatable bonds is 7. The highest BCUT2D eigenvalue weighted by atomic mass is 16.5. The van der Waals surface area contributed by atoms with Crippen LogP contribution < -0.4 is 10.6 Å². The van der Waals surface area contributed by atoms with Gasteiger partial charge < -0.3 is 30.1 Å². The zero-order valence-electron chi connectivity index (χ0n) is 30.7. The molecule has 12 heteroatoms. The van der Waals surface area contributed by atoms with Crippen molar-refractivity contribution in [3.63, 3.8) is 0 Å². The van der Waals surface area contributed by atoms with E-state index in [1.54, 1.807) is 14.1 Å². The number of benzene rings is 2. The Labute approximate surface area is 301 Å². The van der Waals surface area contributed by atoms with Gasteiger partial charge in [0, 0.05) is 40.0 Å². The van der Waals surface area contributed by atoms with Crippen molar-refractivity contribution < 1.29 is 33.5 Å². The molecule has 276 valence electrons. The molecule has 2 fully saturated rings. The first-order valence-corrected chi connectivity index (χ1v) is 18.0. The molecule has 0 aromatic heterocycles. The molecule has 2 heterocycles. The van der Waals surface area contributed by atoms with E-state index in [1.807, 2.05) is 88.4 Å². The summed E-state index contributed by atoms with van der Waals surface area (Å²) in [5.74, 6) is -3.35. The van der Waals surface area contributed by atoms with E-state index in [0.717, 1.165) is 11.1 Å². The predicted octanol–water partition coefficient (Wildman–Crippen LogP) is 2.74. The molecule has 2 N–H and O–H groups in total. The molecule has 2 aliphatic rings. The molecule has 51 heavy (non-hydrogen) atoms. The Morgan fingerprint density at radius 1 is 0.765 bits per heavy atom. The Kier molecular flexibility index (Phi) is 13.8. The fourth-order valence-corrected chi connectivity index (χ4v) is 6.94. The van der Waals surface area contributed by atoms with Crippen LogP contribution >= 0.6 is 0 Å². The highest BCUT2D eigenvalue weighted by Gasteiger charge is 2.42. The van der Waals surface area contributed by atoms with Gasteiger partial charge in [0.2, 0.25) is 23.6 Å². The number of nitrogens with one attached hydrogen (secondary N) is 2. The second-order valence-corrected chi connectivity index (χ2v) is 14.4. The Hall–Kier alpha value is -4.74. The van der Waals surface area contributed by atoms with Gasteiger partial charge in [-0.25, -0.2) is 0 Å². The molecule has 0 saturated carbocycles. The molecule has 12 nitrogen and oxygen atoms in total. The lowest BCUT2D eigenvalue weighted by atomic mass is 9.97. The van der Waals surface area contributed by atoms with Gasteiger partial charge in [-0.3, -0.25) is 28.8 Å². The summed E-state index contributed by atoms with van der Waals surface area (Å²) in [4.78, 5) is 87.8. The van der Waals surface area contributed by atoms with Gasteiger partial charge in [-0.05, 0) is 42.2 Å². The van der Waals surface area contributed by atoms with Crippen LogP contribution in [0.1, 0.15) is 64.5 Å². The minimum absolute atomic E-state index is 0.00655. The third kappa shape index (κ3) is 10.2. The van der Waals surface area contributed by atoms with Gasteiger partial charge in [0.05, 0.1) is 6.42 Å². The molecule has 5 amide bonds. The van der Waals surface area contributed by atoms with Crippen LogP contribution in [0.3, 0.4) is 0 Å². The van der Waals surface area contributed by atoms with E-state index in [9.17, 15) is 28.8 Å². The smallest absolute Gasteiger partial charge is 0.308 e. The predicted molar refractivity (Wildman–Crippen MR) is 192 cm³/mol. The molecule has 0 radical (unpaired) electrons. The van der Waals surface area contributed by atoms with Gasteiger partial charge in [0.1, 0.15) is 24.2 Å². The number of fused-ring (bicyclic) bond motifs is 1. The molecule has 2 aromatic carbocycles. The molecule has 4 rings (SSSR count). The summed E-state index contributed by atoms with van der Waals surface area (Å²) in [7, 11) is 3.09. The number of cyclic esters (lactones) is 1. The van der Waals surface area contributed by atoms with Crippen molar-refractivity contribution in [1.82, 2.24) is 25.3 Å². The molecule has 0 spiro atoms. The highest BCUT2D eigenvalue weighted by Crippen LogP contribution is 2.24. The SMILES string of the molecule is CC(C)CC1OC(=O)CCNC(=O)[C@H](Cc2ccccc2)N(C)C(=O)[C@H](C(C)C)N(C)C(=O)[C@H](Cc2ccccc2)NC(=O)[C@@H]2CCCN2C1=O. The number of nitrogens with zero attached hydrogens (tertiary/aromatic N) is 3. The number of likely N-dealkylation sites (N-methyl/N-ethyl adjacent to an activating group) is 2. The summed E-state index contributed by atoms with van der Waals surface area (Å²) in [6.45, 7) is 7.71. The summed E-state index contributed by atoms with van der Waals surface area (Å²) in [6, 6.07) is 14.7. The zero-order chi connectivity index (χ0) is 37.2. The minimum Gasteiger partial charge on any atom is -0.452 e. The molecule has 0 aliphatic carbocycles. The number of hydrogen-bond acceptors (Lipinski definition) is 7. The van der Waals surface area contributed by atoms with Crippen LogP contribution in [0.2, 0.25) is 0 Å². The van der Waals surface area contributed by atoms with E-state index in [-0.39, 0.29) is 44.1 Å². The second kappa shape index (κ2) is 18.0. The molecule has 2 aromatic rings. The standard InChI is InChI=1S/C39H53N5O7/c1-25(2)22-32-38(49)44-21-13-18-30(44)36(47)41-29(23-27-14-9-7-10-15-27)37(48)43(6)34(26(3)4)39(50)42(5)31(24-28-16-11-8-12-17-28)35(46)40-20-19-33(45)51-32/h7-12,14-17,25-26,29-32,34H,13,18-24H2,1-6H3,(H,40,46)(H,41,47)/t29-,30-,31-,32?,34-/m0/s1. The van der Waals surface area contributed by atoms with E-state index < -0.39 is 65.8 Å². The Morgan fingerprint density at radius 3 is 1.96 bits per heavy atom. The van der Waals surface area contributed by atoms with Crippen molar-refractivity contribution >= 4 is 35.5 Å². The first-order valence-electron chi connectivity index (χ1n) is 18.0. The van der Waals surface area contributed by atoms with Gasteiger partial charge >= 0.3 is 5.97 Å². The Bertz CT molecular complexity index is 1530.